The Morgan fingerprint density at radius 3 is 1.89 bits per heavy atom. The lowest BCUT2D eigenvalue weighted by Crippen LogP contribution is -2.51. The van der Waals surface area contributed by atoms with Crippen molar-refractivity contribution in [3.63, 3.8) is 0 Å². The Hall–Kier alpha value is -1.35. The zero-order valence-electron chi connectivity index (χ0n) is 17.0. The van der Waals surface area contributed by atoms with Gasteiger partial charge in [0.2, 0.25) is 0 Å². The Morgan fingerprint density at radius 1 is 0.714 bits per heavy atom. The minimum Gasteiger partial charge on any atom is -0.298 e. The van der Waals surface area contributed by atoms with Gasteiger partial charge in [-0.3, -0.25) is 9.80 Å². The average molecular weight is 399 g/mol. The van der Waals surface area contributed by atoms with E-state index in [4.69, 9.17) is 0 Å². The second kappa shape index (κ2) is 11.0. The van der Waals surface area contributed by atoms with E-state index in [0.29, 0.717) is 6.04 Å². The second-order valence-corrected chi connectivity index (χ2v) is 8.33. The molecular formula is C25H35ClN2. The highest BCUT2D eigenvalue weighted by Crippen LogP contribution is 2.28. The van der Waals surface area contributed by atoms with Gasteiger partial charge < -0.3 is 0 Å². The third-order valence-corrected chi connectivity index (χ3v) is 6.59. The maximum Gasteiger partial charge on any atom is 0.0389 e. The van der Waals surface area contributed by atoms with Crippen LogP contribution in [-0.2, 0) is 6.42 Å². The SMILES string of the molecule is Cl.c1ccc(CC(c2ccccc2)N2CCN(C3CCCCCC3)CC2)cc1. The van der Waals surface area contributed by atoms with Crippen LogP contribution < -0.4 is 0 Å². The van der Waals surface area contributed by atoms with E-state index in [0.717, 1.165) is 12.5 Å². The number of hydrogen-bond donors (Lipinski definition) is 0. The zero-order valence-corrected chi connectivity index (χ0v) is 17.8. The largest absolute Gasteiger partial charge is 0.298 e. The summed E-state index contributed by atoms with van der Waals surface area (Å²) in [5, 5.41) is 0. The number of halogens is 1. The van der Waals surface area contributed by atoms with Gasteiger partial charge in [-0.1, -0.05) is 86.3 Å². The molecule has 1 unspecified atom stereocenters. The summed E-state index contributed by atoms with van der Waals surface area (Å²) in [7, 11) is 0. The first kappa shape index (κ1) is 21.4. The maximum atomic E-state index is 2.80. The average Bonchev–Trinajstić information content (AvgIpc) is 3.03. The predicted octanol–water partition coefficient (Wildman–Crippen LogP) is 5.73. The van der Waals surface area contributed by atoms with Crippen molar-refractivity contribution in [1.82, 2.24) is 9.80 Å². The molecule has 0 radical (unpaired) electrons. The molecule has 0 amide bonds. The van der Waals surface area contributed by atoms with Gasteiger partial charge in [0, 0.05) is 38.3 Å². The molecule has 2 aliphatic rings. The maximum absolute atomic E-state index is 2.80. The molecule has 0 N–H and O–H groups in total. The summed E-state index contributed by atoms with van der Waals surface area (Å²) < 4.78 is 0. The number of hydrogen-bond acceptors (Lipinski definition) is 2. The third-order valence-electron chi connectivity index (χ3n) is 6.59. The molecule has 28 heavy (non-hydrogen) atoms. The molecule has 2 aromatic carbocycles. The molecule has 2 nitrogen and oxygen atoms in total. The van der Waals surface area contributed by atoms with E-state index < -0.39 is 0 Å². The van der Waals surface area contributed by atoms with Crippen LogP contribution in [0.2, 0.25) is 0 Å². The summed E-state index contributed by atoms with van der Waals surface area (Å²) in [6.07, 6.45) is 9.72. The van der Waals surface area contributed by atoms with Crippen molar-refractivity contribution in [2.24, 2.45) is 0 Å². The lowest BCUT2D eigenvalue weighted by molar-refractivity contribution is 0.0633. The summed E-state index contributed by atoms with van der Waals surface area (Å²) in [6.45, 7) is 4.87. The fourth-order valence-corrected chi connectivity index (χ4v) is 5.01. The Morgan fingerprint density at radius 2 is 1.29 bits per heavy atom. The van der Waals surface area contributed by atoms with E-state index in [9.17, 15) is 0 Å². The predicted molar refractivity (Wildman–Crippen MR) is 121 cm³/mol. The Balaban J connectivity index is 0.00000225. The van der Waals surface area contributed by atoms with Gasteiger partial charge in [0.1, 0.15) is 0 Å². The number of piperazine rings is 1. The van der Waals surface area contributed by atoms with Crippen molar-refractivity contribution in [3.05, 3.63) is 71.8 Å². The second-order valence-electron chi connectivity index (χ2n) is 8.33. The topological polar surface area (TPSA) is 6.48 Å². The van der Waals surface area contributed by atoms with Gasteiger partial charge in [-0.2, -0.15) is 0 Å². The van der Waals surface area contributed by atoms with Crippen LogP contribution in [0.15, 0.2) is 60.7 Å². The zero-order chi connectivity index (χ0) is 18.3. The van der Waals surface area contributed by atoms with Crippen LogP contribution in [0.1, 0.15) is 55.7 Å². The molecule has 1 saturated carbocycles. The van der Waals surface area contributed by atoms with Gasteiger partial charge >= 0.3 is 0 Å². The van der Waals surface area contributed by atoms with Crippen molar-refractivity contribution in [2.75, 3.05) is 26.2 Å². The van der Waals surface area contributed by atoms with Crippen molar-refractivity contribution >= 4 is 12.4 Å². The molecule has 1 atom stereocenters. The molecule has 1 heterocycles. The van der Waals surface area contributed by atoms with Crippen molar-refractivity contribution in [3.8, 4) is 0 Å². The minimum absolute atomic E-state index is 0. The van der Waals surface area contributed by atoms with Gasteiger partial charge in [-0.15, -0.1) is 12.4 Å². The van der Waals surface area contributed by atoms with Crippen LogP contribution in [0.3, 0.4) is 0 Å². The van der Waals surface area contributed by atoms with Crippen LogP contribution in [0.4, 0.5) is 0 Å². The highest BCUT2D eigenvalue weighted by molar-refractivity contribution is 5.85. The van der Waals surface area contributed by atoms with Crippen molar-refractivity contribution in [1.29, 1.82) is 0 Å². The van der Waals surface area contributed by atoms with E-state index in [2.05, 4.69) is 70.5 Å². The standard InChI is InChI=1S/C25H34N2.ClH/c1-2-10-16-24(15-9-1)26-17-19-27(20-18-26)25(23-13-7-4-8-14-23)21-22-11-5-3-6-12-22;/h3-8,11-14,24-25H,1-2,9-10,15-21H2;1H. The summed E-state index contributed by atoms with van der Waals surface area (Å²) in [5.74, 6) is 0. The van der Waals surface area contributed by atoms with Gasteiger partial charge in [0.15, 0.2) is 0 Å². The Kier molecular flexibility index (Phi) is 8.39. The van der Waals surface area contributed by atoms with Gasteiger partial charge in [0.25, 0.3) is 0 Å². The molecule has 0 aromatic heterocycles. The van der Waals surface area contributed by atoms with E-state index in [-0.39, 0.29) is 12.4 Å². The van der Waals surface area contributed by atoms with Crippen LogP contribution in [-0.4, -0.2) is 42.0 Å². The molecule has 3 heteroatoms. The molecule has 1 aliphatic heterocycles. The molecule has 2 aromatic rings. The molecule has 152 valence electrons. The van der Waals surface area contributed by atoms with E-state index in [1.807, 2.05) is 0 Å². The highest BCUT2D eigenvalue weighted by atomic mass is 35.5. The first-order chi connectivity index (χ1) is 13.4. The summed E-state index contributed by atoms with van der Waals surface area (Å²) >= 11 is 0. The van der Waals surface area contributed by atoms with Crippen molar-refractivity contribution < 1.29 is 0 Å². The summed E-state index contributed by atoms with van der Waals surface area (Å²) in [5.41, 5.74) is 2.90. The van der Waals surface area contributed by atoms with Gasteiger partial charge in [-0.25, -0.2) is 0 Å². The molecule has 1 aliphatic carbocycles. The van der Waals surface area contributed by atoms with Crippen LogP contribution >= 0.6 is 12.4 Å². The summed E-state index contributed by atoms with van der Waals surface area (Å²) in [6, 6.07) is 23.5. The molecule has 0 bridgehead atoms. The third kappa shape index (κ3) is 5.59. The molecular weight excluding hydrogens is 364 g/mol. The lowest BCUT2D eigenvalue weighted by atomic mass is 9.96. The fraction of sp³-hybridized carbons (Fsp3) is 0.520. The number of nitrogens with zero attached hydrogens (tertiary/aromatic N) is 2. The normalized spacial score (nSPS) is 20.9. The van der Waals surface area contributed by atoms with Crippen LogP contribution in [0.5, 0.6) is 0 Å². The van der Waals surface area contributed by atoms with E-state index in [1.54, 1.807) is 0 Å². The first-order valence-corrected chi connectivity index (χ1v) is 11.0. The minimum atomic E-state index is 0. The monoisotopic (exact) mass is 398 g/mol. The van der Waals surface area contributed by atoms with Gasteiger partial charge in [0.05, 0.1) is 0 Å². The number of rotatable bonds is 5. The quantitative estimate of drug-likeness (QED) is 0.593. The van der Waals surface area contributed by atoms with E-state index >= 15 is 0 Å². The highest BCUT2D eigenvalue weighted by Gasteiger charge is 2.28. The smallest absolute Gasteiger partial charge is 0.0389 e. The number of benzene rings is 2. The Labute approximate surface area is 177 Å². The van der Waals surface area contributed by atoms with E-state index in [1.165, 1.54) is 75.8 Å². The lowest BCUT2D eigenvalue weighted by Gasteiger charge is -2.42. The summed E-state index contributed by atoms with van der Waals surface area (Å²) in [4.78, 5) is 5.53. The van der Waals surface area contributed by atoms with Crippen molar-refractivity contribution in [2.45, 2.75) is 57.0 Å². The van der Waals surface area contributed by atoms with Gasteiger partial charge in [-0.05, 0) is 30.4 Å². The molecule has 4 rings (SSSR count). The first-order valence-electron chi connectivity index (χ1n) is 11.0. The molecule has 1 saturated heterocycles. The molecule has 2 fully saturated rings. The van der Waals surface area contributed by atoms with Crippen LogP contribution in [0, 0.1) is 0 Å². The fourth-order valence-electron chi connectivity index (χ4n) is 5.01. The Bertz CT molecular complexity index is 659. The van der Waals surface area contributed by atoms with Crippen LogP contribution in [0.25, 0.3) is 0 Å². The molecule has 0 spiro atoms.